The third-order valence-corrected chi connectivity index (χ3v) is 7.12. The molecule has 0 aliphatic heterocycles. The van der Waals surface area contributed by atoms with Crippen molar-refractivity contribution in [3.8, 4) is 11.3 Å². The molecule has 0 saturated heterocycles. The van der Waals surface area contributed by atoms with Crippen LogP contribution in [0.25, 0.3) is 22.2 Å². The lowest BCUT2D eigenvalue weighted by Gasteiger charge is -2.30. The highest BCUT2D eigenvalue weighted by molar-refractivity contribution is 6.02. The molecule has 4 aromatic rings. The number of fused-ring (bicyclic) bond motifs is 1. The van der Waals surface area contributed by atoms with Crippen LogP contribution in [0.2, 0.25) is 0 Å². The van der Waals surface area contributed by atoms with Crippen LogP contribution in [-0.2, 0) is 9.59 Å². The largest absolute Gasteiger partial charge is 0.490 e. The minimum Gasteiger partial charge on any atom is -0.475 e. The van der Waals surface area contributed by atoms with Crippen molar-refractivity contribution in [3.63, 3.8) is 0 Å². The number of carboxylic acids is 2. The number of aryl methyl sites for hydroxylation is 1. The van der Waals surface area contributed by atoms with Crippen molar-refractivity contribution in [2.24, 2.45) is 16.5 Å². The third kappa shape index (κ3) is 12.1. The number of nitrogens with two attached hydrogens (primary N) is 2. The smallest absolute Gasteiger partial charge is 0.475 e. The summed E-state index contributed by atoms with van der Waals surface area (Å²) in [6.45, 7) is 1.99. The molecule has 16 nitrogen and oxygen atoms in total. The minimum atomic E-state index is -5.08. The van der Waals surface area contributed by atoms with Gasteiger partial charge < -0.3 is 31.4 Å². The number of nitro benzene ring substituents is 1. The molecule has 1 amide bonds. The lowest BCUT2D eigenvalue weighted by Crippen LogP contribution is -2.38. The zero-order valence-corrected chi connectivity index (χ0v) is 27.2. The minimum absolute atomic E-state index is 0.0302. The van der Waals surface area contributed by atoms with Crippen LogP contribution in [0.3, 0.4) is 0 Å². The van der Waals surface area contributed by atoms with Gasteiger partial charge in [-0.25, -0.2) is 19.6 Å². The number of non-ortho nitro benzene ring substituents is 1. The van der Waals surface area contributed by atoms with Gasteiger partial charge in [0, 0.05) is 23.1 Å². The molecular weight excluding hydrogens is 726 g/mol. The number of nitro groups is 1. The first-order valence-electron chi connectivity index (χ1n) is 15.1. The first-order chi connectivity index (χ1) is 24.6. The van der Waals surface area contributed by atoms with Crippen LogP contribution in [0.15, 0.2) is 64.0 Å². The Morgan fingerprint density at radius 2 is 1.51 bits per heavy atom. The number of rotatable bonds is 7. The number of halogens is 6. The first-order valence-corrected chi connectivity index (χ1v) is 15.1. The predicted molar refractivity (Wildman–Crippen MR) is 176 cm³/mol. The van der Waals surface area contributed by atoms with Gasteiger partial charge in [0.15, 0.2) is 11.7 Å². The molecule has 1 saturated carbocycles. The summed E-state index contributed by atoms with van der Waals surface area (Å²) in [6, 6.07) is 14.7. The average molecular weight is 757 g/mol. The number of alkyl halides is 6. The molecule has 8 N–H and O–H groups in total. The molecule has 0 radical (unpaired) electrons. The SMILES string of the molecule is Cc1ccc2nc(NC(=O)c3ccc(-c4ccc([N+](=O)[O-])cc4)o3)nc(NC3CCCCC3N=C(N)N)c2c1.O=C(O)C(F)(F)F.O=C(O)C(F)(F)F. The number of hydrogen-bond acceptors (Lipinski definition) is 10. The topological polar surface area (TPSA) is 262 Å². The summed E-state index contributed by atoms with van der Waals surface area (Å²) in [5.41, 5.74) is 13.6. The second-order valence-electron chi connectivity index (χ2n) is 11.1. The normalized spacial score (nSPS) is 15.5. The molecule has 2 aromatic heterocycles. The Kier molecular flexibility index (Phi) is 13.3. The van der Waals surface area contributed by atoms with Gasteiger partial charge >= 0.3 is 24.3 Å². The van der Waals surface area contributed by atoms with E-state index in [0.29, 0.717) is 22.7 Å². The standard InChI is InChI=1S/C27H28N8O4.2C2HF3O2/c1-15-6-11-19-18(14-15)24(30-20-4-2-3-5-21(20)31-26(28)29)33-27(32-19)34-25(36)23-13-12-22(39-23)16-7-9-17(10-8-16)35(37)38;2*3-2(4,5)1(6)7/h6-14,20-21H,2-5H2,1H3,(H4,28,29,31)(H2,30,32,33,34,36);2*(H,6,7). The Morgan fingerprint density at radius 3 is 2.06 bits per heavy atom. The maximum Gasteiger partial charge on any atom is 0.490 e. The van der Waals surface area contributed by atoms with Gasteiger partial charge in [0.1, 0.15) is 11.6 Å². The number of nitrogens with one attached hydrogen (secondary N) is 2. The van der Waals surface area contributed by atoms with Crippen molar-refractivity contribution in [3.05, 3.63) is 76.0 Å². The molecule has 1 fully saturated rings. The summed E-state index contributed by atoms with van der Waals surface area (Å²) in [7, 11) is 0. The molecule has 2 heterocycles. The second kappa shape index (κ2) is 17.2. The van der Waals surface area contributed by atoms with Crippen LogP contribution < -0.4 is 22.1 Å². The molecule has 1 aliphatic rings. The summed E-state index contributed by atoms with van der Waals surface area (Å²) >= 11 is 0. The van der Waals surface area contributed by atoms with Crippen molar-refractivity contribution in [2.75, 3.05) is 10.6 Å². The molecule has 2 unspecified atom stereocenters. The average Bonchev–Trinajstić information content (AvgIpc) is 3.56. The van der Waals surface area contributed by atoms with Crippen LogP contribution >= 0.6 is 0 Å². The summed E-state index contributed by atoms with van der Waals surface area (Å²) in [5, 5.41) is 32.2. The van der Waals surface area contributed by atoms with E-state index in [-0.39, 0.29) is 35.4 Å². The molecule has 2 aromatic carbocycles. The molecule has 5 rings (SSSR count). The molecule has 0 bridgehead atoms. The Bertz CT molecular complexity index is 1960. The molecule has 2 atom stereocenters. The number of aliphatic imine (C=N–C) groups is 1. The number of aliphatic carboxylic acids is 2. The predicted octanol–water partition coefficient (Wildman–Crippen LogP) is 5.62. The first kappa shape index (κ1) is 40.9. The number of benzene rings is 2. The maximum absolute atomic E-state index is 13.0. The van der Waals surface area contributed by atoms with Gasteiger partial charge in [-0.05, 0) is 56.2 Å². The van der Waals surface area contributed by atoms with E-state index in [1.165, 1.54) is 18.2 Å². The van der Waals surface area contributed by atoms with Crippen molar-refractivity contribution in [2.45, 2.75) is 57.0 Å². The zero-order chi connectivity index (χ0) is 39.7. The summed E-state index contributed by atoms with van der Waals surface area (Å²) in [5.74, 6) is -4.86. The molecule has 22 heteroatoms. The van der Waals surface area contributed by atoms with Crippen LogP contribution in [0, 0.1) is 17.0 Å². The number of guanidine groups is 1. The van der Waals surface area contributed by atoms with Gasteiger partial charge in [0.2, 0.25) is 5.95 Å². The maximum atomic E-state index is 13.0. The lowest BCUT2D eigenvalue weighted by molar-refractivity contribution is -0.384. The fourth-order valence-electron chi connectivity index (χ4n) is 4.74. The van der Waals surface area contributed by atoms with Gasteiger partial charge in [-0.1, -0.05) is 24.5 Å². The van der Waals surface area contributed by atoms with Gasteiger partial charge in [-0.3, -0.25) is 20.2 Å². The molecular formula is C31H30F6N8O8. The molecule has 53 heavy (non-hydrogen) atoms. The van der Waals surface area contributed by atoms with Crippen LogP contribution in [0.4, 0.5) is 43.8 Å². The van der Waals surface area contributed by atoms with Crippen molar-refractivity contribution in [1.29, 1.82) is 0 Å². The highest BCUT2D eigenvalue weighted by Gasteiger charge is 2.39. The Hall–Kier alpha value is -6.48. The van der Waals surface area contributed by atoms with Gasteiger partial charge in [0.25, 0.3) is 11.6 Å². The second-order valence-corrected chi connectivity index (χ2v) is 11.1. The van der Waals surface area contributed by atoms with Crippen molar-refractivity contribution in [1.82, 2.24) is 9.97 Å². The fourth-order valence-corrected chi connectivity index (χ4v) is 4.74. The Balaban J connectivity index is 0.000000458. The van der Waals surface area contributed by atoms with Gasteiger partial charge in [0.05, 0.1) is 22.5 Å². The van der Waals surface area contributed by atoms with Gasteiger partial charge in [-0.2, -0.15) is 31.3 Å². The summed E-state index contributed by atoms with van der Waals surface area (Å²) in [4.78, 5) is 54.8. The quantitative estimate of drug-likeness (QED) is 0.0440. The number of aromatic nitrogens is 2. The summed E-state index contributed by atoms with van der Waals surface area (Å²) < 4.78 is 69.2. The highest BCUT2D eigenvalue weighted by atomic mass is 19.4. The third-order valence-electron chi connectivity index (χ3n) is 7.12. The number of carbonyl (C=O) groups is 3. The molecule has 1 aliphatic carbocycles. The van der Waals surface area contributed by atoms with Crippen LogP contribution in [-0.4, -0.2) is 73.3 Å². The van der Waals surface area contributed by atoms with E-state index in [4.69, 9.17) is 35.7 Å². The van der Waals surface area contributed by atoms with Crippen LogP contribution in [0.1, 0.15) is 41.8 Å². The number of nitrogens with zero attached hydrogens (tertiary/aromatic N) is 4. The van der Waals surface area contributed by atoms with E-state index in [0.717, 1.165) is 36.6 Å². The number of amides is 1. The van der Waals surface area contributed by atoms with Crippen molar-refractivity contribution >= 4 is 52.2 Å². The molecule has 284 valence electrons. The lowest BCUT2D eigenvalue weighted by atomic mass is 9.90. The number of hydrogen-bond donors (Lipinski definition) is 6. The highest BCUT2D eigenvalue weighted by Crippen LogP contribution is 2.30. The molecule has 0 spiro atoms. The number of furan rings is 1. The van der Waals surface area contributed by atoms with Gasteiger partial charge in [-0.15, -0.1) is 0 Å². The number of anilines is 2. The van der Waals surface area contributed by atoms with E-state index in [1.54, 1.807) is 18.2 Å². The number of carbonyl (C=O) groups excluding carboxylic acids is 1. The summed E-state index contributed by atoms with van der Waals surface area (Å²) in [6.07, 6.45) is -6.36. The van der Waals surface area contributed by atoms with E-state index in [2.05, 4.69) is 25.6 Å². The number of carboxylic acid groups (broad SMARTS) is 2. The van der Waals surface area contributed by atoms with E-state index in [1.807, 2.05) is 25.1 Å². The fraction of sp³-hybridized carbons (Fsp3) is 0.290. The van der Waals surface area contributed by atoms with Crippen molar-refractivity contribution < 1.29 is 60.3 Å². The van der Waals surface area contributed by atoms with E-state index < -0.39 is 35.1 Å². The van der Waals surface area contributed by atoms with E-state index in [9.17, 15) is 41.3 Å². The zero-order valence-electron chi connectivity index (χ0n) is 27.2. The van der Waals surface area contributed by atoms with E-state index >= 15 is 0 Å². The monoisotopic (exact) mass is 756 g/mol. The Labute approximate surface area is 294 Å². The Morgan fingerprint density at radius 1 is 0.925 bits per heavy atom. The van der Waals surface area contributed by atoms with Crippen LogP contribution in [0.5, 0.6) is 0 Å².